The number of benzene rings is 2. The summed E-state index contributed by atoms with van der Waals surface area (Å²) in [4.78, 5) is 14.4. The Labute approximate surface area is 172 Å². The molecule has 150 valence electrons. The number of carbonyl (C=O) groups excluding carboxylic acids is 1. The van der Waals surface area contributed by atoms with Crippen LogP contribution in [-0.4, -0.2) is 43.7 Å². The first-order valence-electron chi connectivity index (χ1n) is 9.44. The summed E-state index contributed by atoms with van der Waals surface area (Å²) in [5, 5.41) is 0.664. The number of nitrogens with zero attached hydrogens (tertiary/aromatic N) is 2. The minimum absolute atomic E-state index is 0.0263. The lowest BCUT2D eigenvalue weighted by atomic mass is 10.1. The maximum atomic E-state index is 12.7. The van der Waals surface area contributed by atoms with Crippen LogP contribution >= 0.6 is 11.6 Å². The van der Waals surface area contributed by atoms with Crippen LogP contribution in [0.3, 0.4) is 0 Å². The van der Waals surface area contributed by atoms with Gasteiger partial charge >= 0.3 is 0 Å². The van der Waals surface area contributed by atoms with E-state index in [4.69, 9.17) is 11.6 Å². The van der Waals surface area contributed by atoms with Crippen LogP contribution in [0.1, 0.15) is 30.4 Å². The third-order valence-electron chi connectivity index (χ3n) is 4.99. The molecule has 1 saturated heterocycles. The van der Waals surface area contributed by atoms with E-state index in [1.165, 1.54) is 0 Å². The molecule has 7 heteroatoms. The zero-order valence-electron chi connectivity index (χ0n) is 16.0. The molecule has 0 atom stereocenters. The van der Waals surface area contributed by atoms with Crippen molar-refractivity contribution in [3.05, 3.63) is 64.7 Å². The Morgan fingerprint density at radius 2 is 1.54 bits per heavy atom. The molecule has 5 nitrogen and oxygen atoms in total. The van der Waals surface area contributed by atoms with E-state index in [1.807, 2.05) is 12.1 Å². The summed E-state index contributed by atoms with van der Waals surface area (Å²) in [6, 6.07) is 14.1. The number of hydrogen-bond acceptors (Lipinski definition) is 3. The van der Waals surface area contributed by atoms with Crippen LogP contribution in [0.15, 0.2) is 53.4 Å². The van der Waals surface area contributed by atoms with Crippen molar-refractivity contribution in [1.82, 2.24) is 9.21 Å². The van der Waals surface area contributed by atoms with Crippen LogP contribution in [-0.2, 0) is 27.8 Å². The molecule has 0 spiro atoms. The van der Waals surface area contributed by atoms with Gasteiger partial charge in [-0.1, -0.05) is 42.3 Å². The van der Waals surface area contributed by atoms with Gasteiger partial charge in [0.2, 0.25) is 15.9 Å². The SMILES string of the molecule is CN(Cc1ccc(Cl)cc1)C(=O)Cc1ccc(S(=O)(=O)N2CCCCC2)cc1. The van der Waals surface area contributed by atoms with Crippen LogP contribution in [0.4, 0.5) is 0 Å². The van der Waals surface area contributed by atoms with E-state index < -0.39 is 10.0 Å². The fourth-order valence-corrected chi connectivity index (χ4v) is 4.94. The zero-order valence-corrected chi connectivity index (χ0v) is 17.5. The zero-order chi connectivity index (χ0) is 20.1. The monoisotopic (exact) mass is 420 g/mol. The number of hydrogen-bond donors (Lipinski definition) is 0. The van der Waals surface area contributed by atoms with E-state index in [9.17, 15) is 13.2 Å². The number of amides is 1. The highest BCUT2D eigenvalue weighted by atomic mass is 35.5. The van der Waals surface area contributed by atoms with Crippen molar-refractivity contribution in [1.29, 1.82) is 0 Å². The van der Waals surface area contributed by atoms with Crippen LogP contribution in [0.25, 0.3) is 0 Å². The normalized spacial score (nSPS) is 15.4. The summed E-state index contributed by atoms with van der Waals surface area (Å²) in [5.41, 5.74) is 1.80. The summed E-state index contributed by atoms with van der Waals surface area (Å²) in [6.45, 7) is 1.66. The Morgan fingerprint density at radius 3 is 2.14 bits per heavy atom. The summed E-state index contributed by atoms with van der Waals surface area (Å²) in [7, 11) is -1.68. The van der Waals surface area contributed by atoms with Crippen molar-refractivity contribution < 1.29 is 13.2 Å². The molecule has 2 aromatic carbocycles. The third-order valence-corrected chi connectivity index (χ3v) is 7.16. The molecule has 0 saturated carbocycles. The number of halogens is 1. The molecule has 0 N–H and O–H groups in total. The van der Waals surface area contributed by atoms with Gasteiger partial charge in [0, 0.05) is 31.7 Å². The van der Waals surface area contributed by atoms with Crippen LogP contribution in [0.5, 0.6) is 0 Å². The number of sulfonamides is 1. The van der Waals surface area contributed by atoms with E-state index in [0.717, 1.165) is 30.4 Å². The second kappa shape index (κ2) is 9.07. The average molecular weight is 421 g/mol. The quantitative estimate of drug-likeness (QED) is 0.715. The molecule has 28 heavy (non-hydrogen) atoms. The number of piperidine rings is 1. The number of carbonyl (C=O) groups is 1. The molecule has 0 aliphatic carbocycles. The van der Waals surface area contributed by atoms with Crippen molar-refractivity contribution in [3.63, 3.8) is 0 Å². The molecule has 0 radical (unpaired) electrons. The van der Waals surface area contributed by atoms with Crippen molar-refractivity contribution >= 4 is 27.5 Å². The predicted octanol–water partition coefficient (Wildman–Crippen LogP) is 3.72. The molecule has 1 fully saturated rings. The van der Waals surface area contributed by atoms with Gasteiger partial charge in [-0.3, -0.25) is 4.79 Å². The van der Waals surface area contributed by atoms with Gasteiger partial charge in [0.05, 0.1) is 11.3 Å². The molecule has 1 aliphatic rings. The van der Waals surface area contributed by atoms with Crippen LogP contribution < -0.4 is 0 Å². The number of rotatable bonds is 6. The van der Waals surface area contributed by atoms with Crippen LogP contribution in [0.2, 0.25) is 5.02 Å². The highest BCUT2D eigenvalue weighted by Gasteiger charge is 2.25. The minimum Gasteiger partial charge on any atom is -0.341 e. The molecule has 2 aromatic rings. The Morgan fingerprint density at radius 1 is 0.964 bits per heavy atom. The Hall–Kier alpha value is -1.89. The lowest BCUT2D eigenvalue weighted by Gasteiger charge is -2.25. The van der Waals surface area contributed by atoms with E-state index in [0.29, 0.717) is 29.6 Å². The molecule has 3 rings (SSSR count). The second-order valence-corrected chi connectivity index (χ2v) is 9.54. The predicted molar refractivity (Wildman–Crippen MR) is 111 cm³/mol. The summed E-state index contributed by atoms with van der Waals surface area (Å²) >= 11 is 5.89. The smallest absolute Gasteiger partial charge is 0.243 e. The standard InChI is InChI=1S/C21H25ClN2O3S/c1-23(16-18-5-9-19(22)10-6-18)21(25)15-17-7-11-20(12-8-17)28(26,27)24-13-3-2-4-14-24/h5-12H,2-4,13-16H2,1H3. The molecule has 0 aromatic heterocycles. The van der Waals surface area contributed by atoms with Gasteiger partial charge in [0.1, 0.15) is 0 Å². The highest BCUT2D eigenvalue weighted by Crippen LogP contribution is 2.21. The molecular formula is C21H25ClN2O3S. The molecular weight excluding hydrogens is 396 g/mol. The maximum absolute atomic E-state index is 12.7. The first-order chi connectivity index (χ1) is 13.4. The van der Waals surface area contributed by atoms with E-state index in [-0.39, 0.29) is 12.3 Å². The van der Waals surface area contributed by atoms with Crippen molar-refractivity contribution in [2.24, 2.45) is 0 Å². The first-order valence-corrected chi connectivity index (χ1v) is 11.3. The van der Waals surface area contributed by atoms with Gasteiger partial charge in [0.15, 0.2) is 0 Å². The van der Waals surface area contributed by atoms with E-state index in [1.54, 1.807) is 52.7 Å². The van der Waals surface area contributed by atoms with Crippen molar-refractivity contribution in [2.45, 2.75) is 37.1 Å². The minimum atomic E-state index is -3.44. The summed E-state index contributed by atoms with van der Waals surface area (Å²) in [6.07, 6.45) is 3.13. The molecule has 1 aliphatic heterocycles. The van der Waals surface area contributed by atoms with Crippen LogP contribution in [0, 0.1) is 0 Å². The van der Waals surface area contributed by atoms with Gasteiger partial charge in [0.25, 0.3) is 0 Å². The lowest BCUT2D eigenvalue weighted by Crippen LogP contribution is -2.35. The molecule has 0 bridgehead atoms. The van der Waals surface area contributed by atoms with Gasteiger partial charge in [-0.2, -0.15) is 4.31 Å². The highest BCUT2D eigenvalue weighted by molar-refractivity contribution is 7.89. The Balaban J connectivity index is 1.61. The van der Waals surface area contributed by atoms with E-state index >= 15 is 0 Å². The summed E-state index contributed by atoms with van der Waals surface area (Å²) in [5.74, 6) is -0.0263. The van der Waals surface area contributed by atoms with Gasteiger partial charge < -0.3 is 4.90 Å². The van der Waals surface area contributed by atoms with Gasteiger partial charge in [-0.15, -0.1) is 0 Å². The molecule has 1 amide bonds. The lowest BCUT2D eigenvalue weighted by molar-refractivity contribution is -0.129. The van der Waals surface area contributed by atoms with Crippen molar-refractivity contribution in [3.8, 4) is 0 Å². The maximum Gasteiger partial charge on any atom is 0.243 e. The Bertz CT molecular complexity index is 906. The van der Waals surface area contributed by atoms with Gasteiger partial charge in [-0.25, -0.2) is 8.42 Å². The fraction of sp³-hybridized carbons (Fsp3) is 0.381. The topological polar surface area (TPSA) is 57.7 Å². The van der Waals surface area contributed by atoms with E-state index in [2.05, 4.69) is 0 Å². The Kier molecular flexibility index (Phi) is 6.75. The second-order valence-electron chi connectivity index (χ2n) is 7.16. The fourth-order valence-electron chi connectivity index (χ4n) is 3.30. The molecule has 1 heterocycles. The van der Waals surface area contributed by atoms with Crippen molar-refractivity contribution in [2.75, 3.05) is 20.1 Å². The first kappa shape index (κ1) is 20.8. The summed E-state index contributed by atoms with van der Waals surface area (Å²) < 4.78 is 26.9. The largest absolute Gasteiger partial charge is 0.341 e. The number of likely N-dealkylation sites (N-methyl/N-ethyl adjacent to an activating group) is 1. The average Bonchev–Trinajstić information content (AvgIpc) is 2.70. The van der Waals surface area contributed by atoms with Gasteiger partial charge in [-0.05, 0) is 48.2 Å². The third kappa shape index (κ3) is 5.13. The molecule has 0 unspecified atom stereocenters.